The van der Waals surface area contributed by atoms with Crippen LogP contribution >= 0.6 is 0 Å². The van der Waals surface area contributed by atoms with Crippen LogP contribution in [0.25, 0.3) is 0 Å². The smallest absolute Gasteiger partial charge is 0.243 e. The standard InChI is InChI=1S/C30H38N2O2.2C2H6/c1-6-11-23(4)20-24(5)29(33)32-28(19-18-25-12-9-8-10-13-25)30(34)31-27(7-2)21-26-16-14-22(3)15-17-26;2*1-2/h6-17,24,27-28H,2,4,18-21H2,1,3,5H3,(H,31,34)(H,32,33);2*1-2H3/b11-6-;;/t24-,27-,28+;;/m1../s1. The molecule has 0 saturated carbocycles. The molecule has 0 heterocycles. The predicted molar refractivity (Wildman–Crippen MR) is 164 cm³/mol. The minimum Gasteiger partial charge on any atom is -0.348 e. The third-order valence-electron chi connectivity index (χ3n) is 5.80. The summed E-state index contributed by atoms with van der Waals surface area (Å²) in [5.74, 6) is -0.619. The van der Waals surface area contributed by atoms with Gasteiger partial charge >= 0.3 is 0 Å². The lowest BCUT2D eigenvalue weighted by Crippen LogP contribution is -2.51. The Bertz CT molecular complexity index is 977. The Hall–Kier alpha value is -3.40. The highest BCUT2D eigenvalue weighted by molar-refractivity contribution is 5.88. The van der Waals surface area contributed by atoms with E-state index in [1.807, 2.05) is 91.0 Å². The van der Waals surface area contributed by atoms with Gasteiger partial charge in [0.25, 0.3) is 0 Å². The highest BCUT2D eigenvalue weighted by atomic mass is 16.2. The van der Waals surface area contributed by atoms with Crippen molar-refractivity contribution in [3.63, 3.8) is 0 Å². The monoisotopic (exact) mass is 518 g/mol. The number of benzene rings is 2. The molecule has 0 aromatic heterocycles. The van der Waals surface area contributed by atoms with Crippen molar-refractivity contribution >= 4 is 11.8 Å². The van der Waals surface area contributed by atoms with Gasteiger partial charge < -0.3 is 10.6 Å². The van der Waals surface area contributed by atoms with Crippen molar-refractivity contribution in [3.8, 4) is 0 Å². The third-order valence-corrected chi connectivity index (χ3v) is 5.80. The lowest BCUT2D eigenvalue weighted by molar-refractivity contribution is -0.131. The number of amides is 2. The van der Waals surface area contributed by atoms with E-state index in [-0.39, 0.29) is 23.8 Å². The molecule has 2 rings (SSSR count). The van der Waals surface area contributed by atoms with Gasteiger partial charge in [0.2, 0.25) is 11.8 Å². The number of hydrogen-bond acceptors (Lipinski definition) is 2. The summed E-state index contributed by atoms with van der Waals surface area (Å²) < 4.78 is 0. The van der Waals surface area contributed by atoms with Crippen molar-refractivity contribution in [3.05, 3.63) is 108 Å². The molecular weight excluding hydrogens is 468 g/mol. The molecule has 4 nitrogen and oxygen atoms in total. The van der Waals surface area contributed by atoms with E-state index >= 15 is 0 Å². The number of hydrogen-bond donors (Lipinski definition) is 2. The van der Waals surface area contributed by atoms with E-state index in [0.717, 1.165) is 16.7 Å². The maximum absolute atomic E-state index is 13.3. The Labute approximate surface area is 232 Å². The summed E-state index contributed by atoms with van der Waals surface area (Å²) in [6.45, 7) is 21.7. The lowest BCUT2D eigenvalue weighted by Gasteiger charge is -2.23. The first-order valence-electron chi connectivity index (χ1n) is 14.0. The Morgan fingerprint density at radius 1 is 0.895 bits per heavy atom. The van der Waals surface area contributed by atoms with Crippen molar-refractivity contribution < 1.29 is 9.59 Å². The second-order valence-electron chi connectivity index (χ2n) is 8.89. The number of rotatable bonds is 13. The van der Waals surface area contributed by atoms with E-state index in [2.05, 4.69) is 48.1 Å². The highest BCUT2D eigenvalue weighted by Crippen LogP contribution is 2.13. The van der Waals surface area contributed by atoms with Crippen LogP contribution in [0, 0.1) is 12.8 Å². The lowest BCUT2D eigenvalue weighted by atomic mass is 9.99. The van der Waals surface area contributed by atoms with Gasteiger partial charge in [-0.05, 0) is 50.7 Å². The maximum atomic E-state index is 13.3. The summed E-state index contributed by atoms with van der Waals surface area (Å²) in [7, 11) is 0. The second kappa shape index (κ2) is 20.6. The Balaban J connectivity index is 0.00000326. The van der Waals surface area contributed by atoms with Gasteiger partial charge in [-0.1, -0.05) is 125 Å². The summed E-state index contributed by atoms with van der Waals surface area (Å²) in [5.41, 5.74) is 4.33. The molecule has 38 heavy (non-hydrogen) atoms. The van der Waals surface area contributed by atoms with Gasteiger partial charge in [0, 0.05) is 5.92 Å². The average Bonchev–Trinajstić information content (AvgIpc) is 2.94. The van der Waals surface area contributed by atoms with E-state index in [1.165, 1.54) is 5.56 Å². The highest BCUT2D eigenvalue weighted by Gasteiger charge is 2.25. The third kappa shape index (κ3) is 13.8. The number of aryl methyl sites for hydroxylation is 2. The molecule has 2 amide bonds. The largest absolute Gasteiger partial charge is 0.348 e. The van der Waals surface area contributed by atoms with Crippen molar-refractivity contribution in [1.82, 2.24) is 10.6 Å². The summed E-state index contributed by atoms with van der Waals surface area (Å²) in [6.07, 6.45) is 7.96. The van der Waals surface area contributed by atoms with Crippen LogP contribution in [-0.4, -0.2) is 23.9 Å². The minimum absolute atomic E-state index is 0.146. The van der Waals surface area contributed by atoms with E-state index < -0.39 is 6.04 Å². The van der Waals surface area contributed by atoms with Crippen LogP contribution in [0.15, 0.2) is 91.6 Å². The van der Waals surface area contributed by atoms with Crippen LogP contribution in [0.3, 0.4) is 0 Å². The molecule has 0 unspecified atom stereocenters. The number of allylic oxidation sites excluding steroid dienone is 3. The summed E-state index contributed by atoms with van der Waals surface area (Å²) in [5, 5.41) is 6.06. The van der Waals surface area contributed by atoms with Crippen molar-refractivity contribution in [2.45, 2.75) is 86.2 Å². The van der Waals surface area contributed by atoms with Crippen LogP contribution in [0.2, 0.25) is 0 Å². The first kappa shape index (κ1) is 34.6. The number of nitrogens with one attached hydrogen (secondary N) is 2. The molecule has 0 spiro atoms. The molecule has 208 valence electrons. The molecule has 0 aliphatic heterocycles. The van der Waals surface area contributed by atoms with Crippen LogP contribution in [0.5, 0.6) is 0 Å². The van der Waals surface area contributed by atoms with Gasteiger partial charge in [0.05, 0.1) is 6.04 Å². The zero-order valence-electron chi connectivity index (χ0n) is 24.7. The maximum Gasteiger partial charge on any atom is 0.243 e. The number of carbonyl (C=O) groups is 2. The first-order valence-corrected chi connectivity index (χ1v) is 14.0. The van der Waals surface area contributed by atoms with Gasteiger partial charge in [0.15, 0.2) is 0 Å². The fraction of sp³-hybridized carbons (Fsp3) is 0.412. The number of carbonyl (C=O) groups excluding carboxylic acids is 2. The molecule has 0 saturated heterocycles. The Morgan fingerprint density at radius 2 is 1.50 bits per heavy atom. The Kier molecular flexibility index (Phi) is 18.8. The molecule has 0 bridgehead atoms. The van der Waals surface area contributed by atoms with Crippen LogP contribution in [-0.2, 0) is 22.4 Å². The quantitative estimate of drug-likeness (QED) is 0.213. The van der Waals surface area contributed by atoms with Gasteiger partial charge in [-0.3, -0.25) is 9.59 Å². The SMILES string of the molecule is C=C[C@H](Cc1ccc(C)cc1)NC(=O)[C@H](CCc1ccccc1)NC(=O)[C@H](C)CC(=C)/C=C\C.CC.CC. The molecule has 2 aromatic rings. The molecular formula is C34H50N2O2. The van der Waals surface area contributed by atoms with Gasteiger partial charge in [-0.15, -0.1) is 6.58 Å². The molecule has 4 heteroatoms. The van der Waals surface area contributed by atoms with Crippen molar-refractivity contribution in [2.24, 2.45) is 5.92 Å². The molecule has 0 radical (unpaired) electrons. The summed E-state index contributed by atoms with van der Waals surface area (Å²) in [4.78, 5) is 26.2. The van der Waals surface area contributed by atoms with Crippen LogP contribution < -0.4 is 10.6 Å². The fourth-order valence-corrected chi connectivity index (χ4v) is 3.78. The molecule has 0 aliphatic rings. The fourth-order valence-electron chi connectivity index (χ4n) is 3.78. The van der Waals surface area contributed by atoms with Gasteiger partial charge in [-0.2, -0.15) is 0 Å². The minimum atomic E-state index is -0.634. The van der Waals surface area contributed by atoms with Gasteiger partial charge in [-0.25, -0.2) is 0 Å². The van der Waals surface area contributed by atoms with E-state index in [1.54, 1.807) is 6.08 Å². The molecule has 0 aliphatic carbocycles. The van der Waals surface area contributed by atoms with Crippen molar-refractivity contribution in [2.75, 3.05) is 0 Å². The molecule has 2 N–H and O–H groups in total. The molecule has 3 atom stereocenters. The second-order valence-corrected chi connectivity index (χ2v) is 8.89. The normalized spacial score (nSPS) is 12.5. The van der Waals surface area contributed by atoms with Crippen LogP contribution in [0.1, 0.15) is 71.1 Å². The first-order chi connectivity index (χ1) is 18.3. The van der Waals surface area contributed by atoms with E-state index in [4.69, 9.17) is 0 Å². The summed E-state index contributed by atoms with van der Waals surface area (Å²) in [6, 6.07) is 17.4. The van der Waals surface area contributed by atoms with Gasteiger partial charge in [0.1, 0.15) is 6.04 Å². The molecule has 0 fully saturated rings. The topological polar surface area (TPSA) is 58.2 Å². The average molecular weight is 519 g/mol. The van der Waals surface area contributed by atoms with E-state index in [0.29, 0.717) is 25.7 Å². The molecule has 2 aromatic carbocycles. The van der Waals surface area contributed by atoms with Crippen LogP contribution in [0.4, 0.5) is 0 Å². The Morgan fingerprint density at radius 3 is 2.05 bits per heavy atom. The van der Waals surface area contributed by atoms with Crippen molar-refractivity contribution in [1.29, 1.82) is 0 Å². The predicted octanol–water partition coefficient (Wildman–Crippen LogP) is 7.54. The van der Waals surface area contributed by atoms with E-state index in [9.17, 15) is 9.59 Å². The zero-order chi connectivity index (χ0) is 28.9. The zero-order valence-corrected chi connectivity index (χ0v) is 24.7. The summed E-state index contributed by atoms with van der Waals surface area (Å²) >= 11 is 0.